The van der Waals surface area contributed by atoms with E-state index in [2.05, 4.69) is 36.1 Å². The number of anilines is 1. The first-order chi connectivity index (χ1) is 7.43. The number of hydrogen-bond donors (Lipinski definition) is 2. The fourth-order valence-electron chi connectivity index (χ4n) is 1.08. The van der Waals surface area contributed by atoms with E-state index in [1.165, 1.54) is 0 Å². The SMILES string of the molecule is CCOC(=N)Nc1cncc(C(C)(C)C)n1. The summed E-state index contributed by atoms with van der Waals surface area (Å²) in [5.74, 6) is 0.533. The molecule has 0 amide bonds. The molecule has 0 aliphatic rings. The third-order valence-electron chi connectivity index (χ3n) is 1.93. The molecule has 1 rings (SSSR count). The Hall–Kier alpha value is -1.65. The number of aromatic nitrogens is 2. The van der Waals surface area contributed by atoms with Crippen molar-refractivity contribution >= 4 is 11.8 Å². The molecule has 0 atom stereocenters. The van der Waals surface area contributed by atoms with Crippen molar-refractivity contribution in [1.82, 2.24) is 9.97 Å². The van der Waals surface area contributed by atoms with Gasteiger partial charge < -0.3 is 4.74 Å². The molecule has 1 aromatic rings. The standard InChI is InChI=1S/C11H18N4O/c1-5-16-10(12)15-9-7-13-6-8(14-9)11(2,3)4/h6-7H,5H2,1-4H3,(H2,12,14,15). The van der Waals surface area contributed by atoms with Gasteiger partial charge in [-0.05, 0) is 6.92 Å². The van der Waals surface area contributed by atoms with Crippen molar-refractivity contribution in [3.05, 3.63) is 18.1 Å². The van der Waals surface area contributed by atoms with Crippen LogP contribution in [0.15, 0.2) is 12.4 Å². The van der Waals surface area contributed by atoms with E-state index >= 15 is 0 Å². The highest BCUT2D eigenvalue weighted by Gasteiger charge is 2.16. The Morgan fingerprint density at radius 1 is 1.44 bits per heavy atom. The van der Waals surface area contributed by atoms with Crippen LogP contribution in [0.4, 0.5) is 5.82 Å². The highest BCUT2D eigenvalue weighted by molar-refractivity contribution is 5.85. The van der Waals surface area contributed by atoms with Crippen molar-refractivity contribution in [1.29, 1.82) is 5.41 Å². The van der Waals surface area contributed by atoms with Crippen LogP contribution >= 0.6 is 0 Å². The molecule has 5 heteroatoms. The van der Waals surface area contributed by atoms with E-state index in [1.54, 1.807) is 12.4 Å². The summed E-state index contributed by atoms with van der Waals surface area (Å²) in [6.45, 7) is 8.48. The number of amidine groups is 1. The predicted octanol–water partition coefficient (Wildman–Crippen LogP) is 2.16. The Bertz CT molecular complexity index is 370. The first kappa shape index (κ1) is 12.4. The van der Waals surface area contributed by atoms with E-state index in [-0.39, 0.29) is 11.4 Å². The molecule has 0 unspecified atom stereocenters. The van der Waals surface area contributed by atoms with E-state index in [9.17, 15) is 0 Å². The van der Waals surface area contributed by atoms with Crippen molar-refractivity contribution in [2.45, 2.75) is 33.1 Å². The Morgan fingerprint density at radius 2 is 2.12 bits per heavy atom. The fraction of sp³-hybridized carbons (Fsp3) is 0.545. The Kier molecular flexibility index (Phi) is 3.82. The van der Waals surface area contributed by atoms with Gasteiger partial charge in [-0.1, -0.05) is 20.8 Å². The molecule has 0 radical (unpaired) electrons. The highest BCUT2D eigenvalue weighted by atomic mass is 16.5. The van der Waals surface area contributed by atoms with E-state index in [0.717, 1.165) is 5.69 Å². The predicted molar refractivity (Wildman–Crippen MR) is 63.7 cm³/mol. The molecule has 0 aliphatic carbocycles. The summed E-state index contributed by atoms with van der Waals surface area (Å²) in [4.78, 5) is 8.46. The van der Waals surface area contributed by atoms with Crippen molar-refractivity contribution in [2.24, 2.45) is 0 Å². The maximum atomic E-state index is 7.45. The first-order valence-corrected chi connectivity index (χ1v) is 5.24. The maximum Gasteiger partial charge on any atom is 0.287 e. The zero-order chi connectivity index (χ0) is 12.2. The zero-order valence-corrected chi connectivity index (χ0v) is 10.2. The lowest BCUT2D eigenvalue weighted by atomic mass is 9.93. The molecule has 0 spiro atoms. The van der Waals surface area contributed by atoms with Crippen LogP contribution in [0, 0.1) is 5.41 Å². The van der Waals surface area contributed by atoms with E-state index in [4.69, 9.17) is 10.1 Å². The van der Waals surface area contributed by atoms with Gasteiger partial charge in [-0.15, -0.1) is 0 Å². The second kappa shape index (κ2) is 4.92. The number of nitrogens with one attached hydrogen (secondary N) is 2. The number of nitrogens with zero attached hydrogens (tertiary/aromatic N) is 2. The van der Waals surface area contributed by atoms with Crippen LogP contribution in [0.5, 0.6) is 0 Å². The Balaban J connectivity index is 2.79. The summed E-state index contributed by atoms with van der Waals surface area (Å²) < 4.78 is 4.98. The first-order valence-electron chi connectivity index (χ1n) is 5.24. The van der Waals surface area contributed by atoms with Crippen LogP contribution < -0.4 is 5.32 Å². The number of hydrogen-bond acceptors (Lipinski definition) is 4. The monoisotopic (exact) mass is 222 g/mol. The average molecular weight is 222 g/mol. The quantitative estimate of drug-likeness (QED) is 0.594. The molecular formula is C11H18N4O. The van der Waals surface area contributed by atoms with Crippen molar-refractivity contribution in [2.75, 3.05) is 11.9 Å². The minimum Gasteiger partial charge on any atom is -0.465 e. The second-order valence-corrected chi connectivity index (χ2v) is 4.43. The van der Waals surface area contributed by atoms with Crippen molar-refractivity contribution in [3.63, 3.8) is 0 Å². The topological polar surface area (TPSA) is 70.9 Å². The normalized spacial score (nSPS) is 11.0. The van der Waals surface area contributed by atoms with Gasteiger partial charge in [0.2, 0.25) is 0 Å². The van der Waals surface area contributed by atoms with Gasteiger partial charge in [-0.2, -0.15) is 0 Å². The van der Waals surface area contributed by atoms with Gasteiger partial charge in [-0.3, -0.25) is 15.7 Å². The summed E-state index contributed by atoms with van der Waals surface area (Å²) in [5, 5.41) is 10.2. The van der Waals surface area contributed by atoms with Gasteiger partial charge in [0.25, 0.3) is 6.02 Å². The maximum absolute atomic E-state index is 7.45. The molecule has 0 saturated carbocycles. The second-order valence-electron chi connectivity index (χ2n) is 4.43. The Morgan fingerprint density at radius 3 is 2.69 bits per heavy atom. The molecule has 88 valence electrons. The van der Waals surface area contributed by atoms with Crippen LogP contribution in [0.25, 0.3) is 0 Å². The van der Waals surface area contributed by atoms with Crippen LogP contribution in [-0.4, -0.2) is 22.6 Å². The molecule has 1 heterocycles. The molecular weight excluding hydrogens is 204 g/mol. The van der Waals surface area contributed by atoms with Gasteiger partial charge in [0, 0.05) is 11.6 Å². The van der Waals surface area contributed by atoms with Gasteiger partial charge >= 0.3 is 0 Å². The van der Waals surface area contributed by atoms with E-state index in [1.807, 2.05) is 6.92 Å². The lowest BCUT2D eigenvalue weighted by Gasteiger charge is -2.17. The fourth-order valence-corrected chi connectivity index (χ4v) is 1.08. The smallest absolute Gasteiger partial charge is 0.287 e. The van der Waals surface area contributed by atoms with Crippen LogP contribution in [0.3, 0.4) is 0 Å². The lowest BCUT2D eigenvalue weighted by Crippen LogP contribution is -2.19. The molecule has 0 fully saturated rings. The molecule has 2 N–H and O–H groups in total. The summed E-state index contributed by atoms with van der Waals surface area (Å²) in [5.41, 5.74) is 0.820. The van der Waals surface area contributed by atoms with Crippen LogP contribution in [0.2, 0.25) is 0 Å². The number of ether oxygens (including phenoxy) is 1. The number of rotatable bonds is 2. The summed E-state index contributed by atoms with van der Waals surface area (Å²) in [6, 6.07) is -0.0112. The van der Waals surface area contributed by atoms with Gasteiger partial charge in [-0.25, -0.2) is 4.98 Å². The molecule has 0 saturated heterocycles. The van der Waals surface area contributed by atoms with Crippen molar-refractivity contribution < 1.29 is 4.74 Å². The van der Waals surface area contributed by atoms with Gasteiger partial charge in [0.1, 0.15) is 0 Å². The minimum atomic E-state index is -0.0570. The Labute approximate surface area is 95.8 Å². The third-order valence-corrected chi connectivity index (χ3v) is 1.93. The van der Waals surface area contributed by atoms with E-state index in [0.29, 0.717) is 12.4 Å². The molecule has 5 nitrogen and oxygen atoms in total. The van der Waals surface area contributed by atoms with Crippen molar-refractivity contribution in [3.8, 4) is 0 Å². The molecule has 16 heavy (non-hydrogen) atoms. The summed E-state index contributed by atoms with van der Waals surface area (Å²) >= 11 is 0. The summed E-state index contributed by atoms with van der Waals surface area (Å²) in [6.07, 6.45) is 3.30. The van der Waals surface area contributed by atoms with Gasteiger partial charge in [0.05, 0.1) is 18.5 Å². The molecule has 0 aliphatic heterocycles. The third kappa shape index (κ3) is 3.49. The molecule has 0 aromatic carbocycles. The van der Waals surface area contributed by atoms with Crippen LogP contribution in [-0.2, 0) is 10.2 Å². The lowest BCUT2D eigenvalue weighted by molar-refractivity contribution is 0.323. The highest BCUT2D eigenvalue weighted by Crippen LogP contribution is 2.19. The van der Waals surface area contributed by atoms with E-state index < -0.39 is 0 Å². The van der Waals surface area contributed by atoms with Crippen LogP contribution in [0.1, 0.15) is 33.4 Å². The summed E-state index contributed by atoms with van der Waals surface area (Å²) in [7, 11) is 0. The average Bonchev–Trinajstić information content (AvgIpc) is 2.17. The largest absolute Gasteiger partial charge is 0.465 e. The minimum absolute atomic E-state index is 0.0112. The zero-order valence-electron chi connectivity index (χ0n) is 10.2. The molecule has 0 bridgehead atoms. The molecule has 1 aromatic heterocycles. The van der Waals surface area contributed by atoms with Gasteiger partial charge in [0.15, 0.2) is 5.82 Å².